The van der Waals surface area contributed by atoms with Crippen molar-refractivity contribution in [3.8, 4) is 0 Å². The molecule has 0 aliphatic carbocycles. The van der Waals surface area contributed by atoms with Crippen molar-refractivity contribution in [2.75, 3.05) is 29.5 Å². The second-order valence-corrected chi connectivity index (χ2v) is 4.35. The zero-order valence-corrected chi connectivity index (χ0v) is 12.0. The van der Waals surface area contributed by atoms with Gasteiger partial charge in [-0.05, 0) is 18.9 Å². The molecule has 0 atom stereocenters. The summed E-state index contributed by atoms with van der Waals surface area (Å²) in [4.78, 5) is 17.4. The van der Waals surface area contributed by atoms with Crippen molar-refractivity contribution < 1.29 is 4.79 Å². The zero-order valence-electron chi connectivity index (χ0n) is 10.4. The first kappa shape index (κ1) is 17.6. The van der Waals surface area contributed by atoms with Crippen LogP contribution >= 0.6 is 24.8 Å². The molecule has 0 unspecified atom stereocenters. The van der Waals surface area contributed by atoms with Gasteiger partial charge in [-0.2, -0.15) is 0 Å². The Hall–Kier alpha value is -1.40. The van der Waals surface area contributed by atoms with Crippen LogP contribution in [0.4, 0.5) is 17.2 Å². The Labute approximate surface area is 124 Å². The topological polar surface area (TPSA) is 111 Å². The molecule has 1 saturated heterocycles. The molecule has 0 saturated carbocycles. The molecule has 2 heterocycles. The first-order valence-corrected chi connectivity index (χ1v) is 5.63. The third-order valence-corrected chi connectivity index (χ3v) is 3.11. The lowest BCUT2D eigenvalue weighted by Crippen LogP contribution is -2.39. The van der Waals surface area contributed by atoms with Crippen molar-refractivity contribution in [2.24, 2.45) is 11.7 Å². The van der Waals surface area contributed by atoms with Crippen LogP contribution in [-0.2, 0) is 4.79 Å². The molecule has 2 rings (SSSR count). The minimum atomic E-state index is -0.220. The van der Waals surface area contributed by atoms with Crippen LogP contribution in [0, 0.1) is 5.92 Å². The second-order valence-electron chi connectivity index (χ2n) is 4.35. The van der Waals surface area contributed by atoms with Gasteiger partial charge in [0, 0.05) is 19.0 Å². The number of piperidine rings is 1. The Morgan fingerprint density at radius 3 is 2.32 bits per heavy atom. The monoisotopic (exact) mass is 307 g/mol. The Bertz CT molecular complexity index is 435. The molecule has 6 nitrogen and oxygen atoms in total. The number of primary amides is 1. The lowest BCUT2D eigenvalue weighted by atomic mass is 9.96. The summed E-state index contributed by atoms with van der Waals surface area (Å²) in [6.45, 7) is 1.49. The van der Waals surface area contributed by atoms with Gasteiger partial charge in [0.05, 0.1) is 17.6 Å². The van der Waals surface area contributed by atoms with Gasteiger partial charge in [-0.1, -0.05) is 0 Å². The van der Waals surface area contributed by atoms with E-state index in [1.807, 2.05) is 0 Å². The quantitative estimate of drug-likeness (QED) is 0.748. The summed E-state index contributed by atoms with van der Waals surface area (Å²) in [5.41, 5.74) is 17.9. The van der Waals surface area contributed by atoms with E-state index in [9.17, 15) is 4.79 Å². The summed E-state index contributed by atoms with van der Waals surface area (Å²) in [5.74, 6) is 0.492. The SMILES string of the molecule is Cl.Cl.NC(=O)C1CCN(c2ncc(N)cc2N)CC1. The fourth-order valence-corrected chi connectivity index (χ4v) is 2.13. The van der Waals surface area contributed by atoms with Crippen LogP contribution in [0.15, 0.2) is 12.3 Å². The number of carbonyl (C=O) groups is 1. The highest BCUT2D eigenvalue weighted by molar-refractivity contribution is 5.85. The van der Waals surface area contributed by atoms with Crippen molar-refractivity contribution in [3.63, 3.8) is 0 Å². The molecule has 0 radical (unpaired) electrons. The average Bonchev–Trinajstić information content (AvgIpc) is 2.29. The fourth-order valence-electron chi connectivity index (χ4n) is 2.13. The number of halogens is 2. The summed E-state index contributed by atoms with van der Waals surface area (Å²) in [5, 5.41) is 0. The normalized spacial score (nSPS) is 15.3. The average molecular weight is 308 g/mol. The van der Waals surface area contributed by atoms with Gasteiger partial charge >= 0.3 is 0 Å². The number of aromatic nitrogens is 1. The molecular weight excluding hydrogens is 289 g/mol. The molecule has 1 aromatic rings. The van der Waals surface area contributed by atoms with Gasteiger partial charge in [0.1, 0.15) is 0 Å². The van der Waals surface area contributed by atoms with Crippen LogP contribution in [0.1, 0.15) is 12.8 Å². The standard InChI is InChI=1S/C11H17N5O.2ClH/c12-8-5-9(13)11(15-6-8)16-3-1-7(2-4-16)10(14)17;;/h5-7H,1-4,12-13H2,(H2,14,17);2*1H. The predicted molar refractivity (Wildman–Crippen MR) is 81.7 cm³/mol. The van der Waals surface area contributed by atoms with E-state index >= 15 is 0 Å². The van der Waals surface area contributed by atoms with E-state index in [-0.39, 0.29) is 36.6 Å². The van der Waals surface area contributed by atoms with Crippen molar-refractivity contribution >= 4 is 47.9 Å². The maximum atomic E-state index is 11.1. The molecule has 6 N–H and O–H groups in total. The Morgan fingerprint density at radius 1 is 1.26 bits per heavy atom. The highest BCUT2D eigenvalue weighted by atomic mass is 35.5. The van der Waals surface area contributed by atoms with Crippen LogP contribution in [0.5, 0.6) is 0 Å². The lowest BCUT2D eigenvalue weighted by Gasteiger charge is -2.32. The van der Waals surface area contributed by atoms with Crippen molar-refractivity contribution in [1.29, 1.82) is 0 Å². The highest BCUT2D eigenvalue weighted by Gasteiger charge is 2.24. The molecule has 1 aliphatic heterocycles. The minimum Gasteiger partial charge on any atom is -0.397 e. The van der Waals surface area contributed by atoms with E-state index in [1.165, 1.54) is 0 Å². The number of pyridine rings is 1. The van der Waals surface area contributed by atoms with Crippen molar-refractivity contribution in [2.45, 2.75) is 12.8 Å². The number of nitrogen functional groups attached to an aromatic ring is 2. The zero-order chi connectivity index (χ0) is 12.4. The first-order chi connectivity index (χ1) is 8.08. The molecule has 8 heteroatoms. The number of carbonyl (C=O) groups excluding carboxylic acids is 1. The fraction of sp³-hybridized carbons (Fsp3) is 0.455. The largest absolute Gasteiger partial charge is 0.397 e. The molecule has 108 valence electrons. The lowest BCUT2D eigenvalue weighted by molar-refractivity contribution is -0.122. The predicted octanol–water partition coefficient (Wildman–Crippen LogP) is 0.791. The Kier molecular flexibility index (Phi) is 6.72. The van der Waals surface area contributed by atoms with Crippen LogP contribution in [0.25, 0.3) is 0 Å². The van der Waals surface area contributed by atoms with Gasteiger partial charge in [0.25, 0.3) is 0 Å². The van der Waals surface area contributed by atoms with Crippen molar-refractivity contribution in [3.05, 3.63) is 12.3 Å². The molecule has 0 aromatic carbocycles. The van der Waals surface area contributed by atoms with Crippen molar-refractivity contribution in [1.82, 2.24) is 4.98 Å². The van der Waals surface area contributed by atoms with Gasteiger partial charge in [-0.3, -0.25) is 4.79 Å². The number of rotatable bonds is 2. The van der Waals surface area contributed by atoms with E-state index < -0.39 is 0 Å². The Balaban J connectivity index is 0.00000162. The smallest absolute Gasteiger partial charge is 0.220 e. The number of hydrogen-bond acceptors (Lipinski definition) is 5. The number of anilines is 3. The summed E-state index contributed by atoms with van der Waals surface area (Å²) in [7, 11) is 0. The molecule has 1 aromatic heterocycles. The summed E-state index contributed by atoms with van der Waals surface area (Å²) in [6, 6.07) is 1.70. The van der Waals surface area contributed by atoms with E-state index in [0.29, 0.717) is 11.4 Å². The molecule has 19 heavy (non-hydrogen) atoms. The van der Waals surface area contributed by atoms with Gasteiger partial charge in [-0.25, -0.2) is 4.98 Å². The van der Waals surface area contributed by atoms with Gasteiger partial charge in [0.15, 0.2) is 5.82 Å². The minimum absolute atomic E-state index is 0. The van der Waals surface area contributed by atoms with Crippen LogP contribution in [-0.4, -0.2) is 24.0 Å². The molecule has 1 amide bonds. The molecule has 1 aliphatic rings. The van der Waals surface area contributed by atoms with E-state index in [0.717, 1.165) is 31.7 Å². The number of amides is 1. The van der Waals surface area contributed by atoms with Gasteiger partial charge in [-0.15, -0.1) is 24.8 Å². The van der Waals surface area contributed by atoms with Crippen LogP contribution in [0.3, 0.4) is 0 Å². The van der Waals surface area contributed by atoms with Crippen LogP contribution < -0.4 is 22.1 Å². The number of nitrogens with zero attached hydrogens (tertiary/aromatic N) is 2. The maximum Gasteiger partial charge on any atom is 0.220 e. The third kappa shape index (κ3) is 4.04. The Morgan fingerprint density at radius 2 is 1.84 bits per heavy atom. The maximum absolute atomic E-state index is 11.1. The van der Waals surface area contributed by atoms with E-state index in [4.69, 9.17) is 17.2 Å². The van der Waals surface area contributed by atoms with E-state index in [2.05, 4.69) is 9.88 Å². The second kappa shape index (κ2) is 7.25. The molecule has 0 bridgehead atoms. The highest BCUT2D eigenvalue weighted by Crippen LogP contribution is 2.26. The van der Waals surface area contributed by atoms with E-state index in [1.54, 1.807) is 12.3 Å². The number of hydrogen-bond donors (Lipinski definition) is 3. The summed E-state index contributed by atoms with van der Waals surface area (Å²) < 4.78 is 0. The first-order valence-electron chi connectivity index (χ1n) is 5.63. The summed E-state index contributed by atoms with van der Waals surface area (Å²) in [6.07, 6.45) is 3.09. The third-order valence-electron chi connectivity index (χ3n) is 3.11. The summed E-state index contributed by atoms with van der Waals surface area (Å²) >= 11 is 0. The number of nitrogens with two attached hydrogens (primary N) is 3. The molecule has 0 spiro atoms. The van der Waals surface area contributed by atoms with Gasteiger partial charge in [0.2, 0.25) is 5.91 Å². The van der Waals surface area contributed by atoms with Gasteiger partial charge < -0.3 is 22.1 Å². The van der Waals surface area contributed by atoms with Crippen LogP contribution in [0.2, 0.25) is 0 Å². The molecular formula is C11H19Cl2N5O. The molecule has 1 fully saturated rings.